The van der Waals surface area contributed by atoms with Gasteiger partial charge in [-0.3, -0.25) is 14.6 Å². The van der Waals surface area contributed by atoms with Crippen molar-refractivity contribution in [2.24, 2.45) is 0 Å². The molecule has 1 N–H and O–H groups in total. The summed E-state index contributed by atoms with van der Waals surface area (Å²) in [6.07, 6.45) is 10.8. The minimum atomic E-state index is -0.678. The fourth-order valence-electron chi connectivity index (χ4n) is 4.71. The highest BCUT2D eigenvalue weighted by atomic mass is 16.5. The van der Waals surface area contributed by atoms with Crippen molar-refractivity contribution < 1.29 is 28.8 Å². The van der Waals surface area contributed by atoms with Crippen LogP contribution in [0.2, 0.25) is 0 Å². The Bertz CT molecular complexity index is 673. The molecule has 0 amide bonds. The minimum absolute atomic E-state index is 0.308. The molecule has 1 heterocycles. The molecule has 224 valence electrons. The molecule has 8 heteroatoms. The van der Waals surface area contributed by atoms with Crippen LogP contribution in [-0.2, 0) is 30.3 Å². The second kappa shape index (κ2) is 24.3. The van der Waals surface area contributed by atoms with E-state index in [1.54, 1.807) is 0 Å². The third-order valence-corrected chi connectivity index (χ3v) is 7.07. The standard InChI is InChI=1S/C31H54N2O6/c34-31(35)15-11-6-4-2-1-3-5-7-12-16-32-17-21-36-25-27-38-23-19-33(29-30-13-9-8-10-14-30)20-24-39-28-26-37-22-18-32/h8-10,13-14H,1-7,11-12,15-29H2,(H,34,35). The summed E-state index contributed by atoms with van der Waals surface area (Å²) in [5.41, 5.74) is 1.30. The van der Waals surface area contributed by atoms with Crippen LogP contribution in [0.25, 0.3) is 0 Å². The highest BCUT2D eigenvalue weighted by molar-refractivity contribution is 5.66. The van der Waals surface area contributed by atoms with Crippen LogP contribution in [0.5, 0.6) is 0 Å². The molecule has 0 atom stereocenters. The number of nitrogens with zero attached hydrogens (tertiary/aromatic N) is 2. The van der Waals surface area contributed by atoms with E-state index in [4.69, 9.17) is 24.1 Å². The van der Waals surface area contributed by atoms with E-state index in [0.29, 0.717) is 59.3 Å². The van der Waals surface area contributed by atoms with Gasteiger partial charge in [0.2, 0.25) is 0 Å². The lowest BCUT2D eigenvalue weighted by Gasteiger charge is -2.23. The number of unbranched alkanes of at least 4 members (excludes halogenated alkanes) is 8. The Morgan fingerprint density at radius 1 is 0.590 bits per heavy atom. The molecule has 1 aromatic carbocycles. The Morgan fingerprint density at radius 2 is 1.03 bits per heavy atom. The van der Waals surface area contributed by atoms with Crippen LogP contribution < -0.4 is 0 Å². The van der Waals surface area contributed by atoms with Crippen LogP contribution >= 0.6 is 0 Å². The number of carbonyl (C=O) groups is 1. The Labute approximate surface area is 236 Å². The lowest BCUT2D eigenvalue weighted by atomic mass is 10.1. The average molecular weight is 551 g/mol. The molecular weight excluding hydrogens is 496 g/mol. The van der Waals surface area contributed by atoms with Crippen LogP contribution in [0.3, 0.4) is 0 Å². The van der Waals surface area contributed by atoms with E-state index in [0.717, 1.165) is 58.5 Å². The zero-order valence-corrected chi connectivity index (χ0v) is 24.2. The van der Waals surface area contributed by atoms with E-state index >= 15 is 0 Å². The number of aliphatic carboxylic acids is 1. The van der Waals surface area contributed by atoms with Crippen molar-refractivity contribution in [3.8, 4) is 0 Å². The van der Waals surface area contributed by atoms with Gasteiger partial charge in [-0.25, -0.2) is 0 Å². The molecule has 1 saturated heterocycles. The Hall–Kier alpha value is -1.55. The minimum Gasteiger partial charge on any atom is -0.481 e. The molecule has 0 aliphatic carbocycles. The second-order valence-corrected chi connectivity index (χ2v) is 10.4. The zero-order valence-electron chi connectivity index (χ0n) is 24.2. The maximum atomic E-state index is 10.5. The van der Waals surface area contributed by atoms with Gasteiger partial charge in [-0.15, -0.1) is 0 Å². The summed E-state index contributed by atoms with van der Waals surface area (Å²) in [5, 5.41) is 8.68. The molecule has 0 radical (unpaired) electrons. The Balaban J connectivity index is 1.57. The number of hydrogen-bond acceptors (Lipinski definition) is 7. The molecule has 0 spiro atoms. The summed E-state index contributed by atoms with van der Waals surface area (Å²) in [6.45, 7) is 10.9. The van der Waals surface area contributed by atoms with Gasteiger partial charge in [0.1, 0.15) is 0 Å². The summed E-state index contributed by atoms with van der Waals surface area (Å²) in [7, 11) is 0. The molecule has 0 bridgehead atoms. The first kappa shape index (κ1) is 33.7. The predicted octanol–water partition coefficient (Wildman–Crippen LogP) is 4.86. The summed E-state index contributed by atoms with van der Waals surface area (Å²) in [5.74, 6) is -0.678. The van der Waals surface area contributed by atoms with Crippen molar-refractivity contribution in [1.29, 1.82) is 0 Å². The van der Waals surface area contributed by atoms with Gasteiger partial charge in [0.05, 0.1) is 52.9 Å². The van der Waals surface area contributed by atoms with Gasteiger partial charge in [0.25, 0.3) is 0 Å². The molecule has 0 unspecified atom stereocenters. The molecule has 39 heavy (non-hydrogen) atoms. The van der Waals surface area contributed by atoms with Gasteiger partial charge in [0.15, 0.2) is 0 Å². The molecule has 2 rings (SSSR count). The maximum absolute atomic E-state index is 10.5. The average Bonchev–Trinajstić information content (AvgIpc) is 2.93. The molecule has 8 nitrogen and oxygen atoms in total. The van der Waals surface area contributed by atoms with Crippen molar-refractivity contribution in [1.82, 2.24) is 9.80 Å². The van der Waals surface area contributed by atoms with Crippen LogP contribution in [0.15, 0.2) is 30.3 Å². The van der Waals surface area contributed by atoms with Gasteiger partial charge < -0.3 is 24.1 Å². The maximum Gasteiger partial charge on any atom is 0.303 e. The fraction of sp³-hybridized carbons (Fsp3) is 0.774. The van der Waals surface area contributed by atoms with Gasteiger partial charge in [0, 0.05) is 39.1 Å². The number of carboxylic acids is 1. The van der Waals surface area contributed by atoms with E-state index in [-0.39, 0.29) is 0 Å². The van der Waals surface area contributed by atoms with E-state index in [9.17, 15) is 4.79 Å². The Kier molecular flexibility index (Phi) is 20.9. The van der Waals surface area contributed by atoms with Gasteiger partial charge in [-0.2, -0.15) is 0 Å². The first-order chi connectivity index (χ1) is 19.2. The zero-order chi connectivity index (χ0) is 27.6. The quantitative estimate of drug-likeness (QED) is 0.329. The molecule has 0 aromatic heterocycles. The first-order valence-electron chi connectivity index (χ1n) is 15.3. The third kappa shape index (κ3) is 20.0. The fourth-order valence-corrected chi connectivity index (χ4v) is 4.71. The number of carboxylic acid groups (broad SMARTS) is 1. The van der Waals surface area contributed by atoms with Crippen LogP contribution in [-0.4, -0.2) is 106 Å². The molecule has 1 aliphatic rings. The molecular formula is C31H54N2O6. The lowest BCUT2D eigenvalue weighted by Crippen LogP contribution is -2.33. The number of benzene rings is 1. The first-order valence-corrected chi connectivity index (χ1v) is 15.3. The summed E-state index contributed by atoms with van der Waals surface area (Å²) >= 11 is 0. The summed E-state index contributed by atoms with van der Waals surface area (Å²) in [6, 6.07) is 10.5. The monoisotopic (exact) mass is 550 g/mol. The Morgan fingerprint density at radius 3 is 1.51 bits per heavy atom. The molecule has 1 aliphatic heterocycles. The number of hydrogen-bond donors (Lipinski definition) is 1. The van der Waals surface area contributed by atoms with Crippen molar-refractivity contribution in [2.45, 2.75) is 70.8 Å². The molecule has 1 fully saturated rings. The van der Waals surface area contributed by atoms with Crippen molar-refractivity contribution in [2.75, 3.05) is 85.6 Å². The topological polar surface area (TPSA) is 80.7 Å². The van der Waals surface area contributed by atoms with E-state index in [1.165, 1.54) is 44.1 Å². The lowest BCUT2D eigenvalue weighted by molar-refractivity contribution is -0.137. The second-order valence-electron chi connectivity index (χ2n) is 10.4. The molecule has 1 aromatic rings. The van der Waals surface area contributed by atoms with Gasteiger partial charge in [-0.1, -0.05) is 75.3 Å². The smallest absolute Gasteiger partial charge is 0.303 e. The SMILES string of the molecule is O=C(O)CCCCCCCCCCCN1CCOCCOCCN(Cc2ccccc2)CCOCCOCC1. The van der Waals surface area contributed by atoms with Crippen LogP contribution in [0.1, 0.15) is 69.8 Å². The number of ether oxygens (including phenoxy) is 4. The summed E-state index contributed by atoms with van der Waals surface area (Å²) < 4.78 is 23.5. The van der Waals surface area contributed by atoms with Gasteiger partial charge in [-0.05, 0) is 24.9 Å². The van der Waals surface area contributed by atoms with Crippen molar-refractivity contribution >= 4 is 5.97 Å². The summed E-state index contributed by atoms with van der Waals surface area (Å²) in [4.78, 5) is 15.4. The van der Waals surface area contributed by atoms with E-state index in [1.807, 2.05) is 0 Å². The highest BCUT2D eigenvalue weighted by Gasteiger charge is 2.08. The largest absolute Gasteiger partial charge is 0.481 e. The normalized spacial score (nSPS) is 18.4. The van der Waals surface area contributed by atoms with E-state index < -0.39 is 5.97 Å². The van der Waals surface area contributed by atoms with Crippen LogP contribution in [0, 0.1) is 0 Å². The van der Waals surface area contributed by atoms with Crippen molar-refractivity contribution in [3.05, 3.63) is 35.9 Å². The van der Waals surface area contributed by atoms with Crippen LogP contribution in [0.4, 0.5) is 0 Å². The van der Waals surface area contributed by atoms with Gasteiger partial charge >= 0.3 is 5.97 Å². The van der Waals surface area contributed by atoms with Crippen molar-refractivity contribution in [3.63, 3.8) is 0 Å². The highest BCUT2D eigenvalue weighted by Crippen LogP contribution is 2.11. The predicted molar refractivity (Wildman–Crippen MR) is 155 cm³/mol. The number of rotatable bonds is 14. The molecule has 0 saturated carbocycles. The third-order valence-electron chi connectivity index (χ3n) is 7.07. The van der Waals surface area contributed by atoms with E-state index in [2.05, 4.69) is 40.1 Å².